The maximum atomic E-state index is 10.7. The third-order valence-corrected chi connectivity index (χ3v) is 9.97. The molecule has 4 fully saturated rings. The molecule has 0 aromatic carbocycles. The second kappa shape index (κ2) is 5.71. The molecule has 0 spiro atoms. The van der Waals surface area contributed by atoms with Gasteiger partial charge in [-0.25, -0.2) is 0 Å². The van der Waals surface area contributed by atoms with E-state index in [2.05, 4.69) is 27.7 Å². The van der Waals surface area contributed by atoms with Crippen LogP contribution in [0.3, 0.4) is 0 Å². The Kier molecular flexibility index (Phi) is 4.18. The van der Waals surface area contributed by atoms with Gasteiger partial charge in [0, 0.05) is 0 Å². The monoisotopic (exact) mass is 348 g/mol. The van der Waals surface area contributed by atoms with Crippen molar-refractivity contribution >= 4 is 0 Å². The molecule has 0 radical (unpaired) electrons. The third-order valence-electron chi connectivity index (χ3n) is 9.97. The number of fused-ring (bicyclic) bond motifs is 5. The summed E-state index contributed by atoms with van der Waals surface area (Å²) in [6, 6.07) is 0. The highest BCUT2D eigenvalue weighted by Gasteiger charge is 2.62. The molecule has 4 aliphatic rings. The normalized spacial score (nSPS) is 59.6. The van der Waals surface area contributed by atoms with Crippen LogP contribution in [-0.2, 0) is 0 Å². The van der Waals surface area contributed by atoms with Gasteiger partial charge in [-0.2, -0.15) is 0 Å². The van der Waals surface area contributed by atoms with Crippen LogP contribution in [0, 0.1) is 46.3 Å². The van der Waals surface area contributed by atoms with Crippen LogP contribution >= 0.6 is 0 Å². The molecule has 144 valence electrons. The maximum Gasteiger partial charge on any atom is 0.0622 e. The van der Waals surface area contributed by atoms with Gasteiger partial charge in [0.25, 0.3) is 0 Å². The van der Waals surface area contributed by atoms with Gasteiger partial charge in [-0.1, -0.05) is 20.8 Å². The summed E-state index contributed by atoms with van der Waals surface area (Å²) in [5.74, 6) is 4.46. The number of aliphatic hydroxyl groups excluding tert-OH is 1. The van der Waals surface area contributed by atoms with Gasteiger partial charge in [-0.05, 0) is 112 Å². The molecule has 2 nitrogen and oxygen atoms in total. The summed E-state index contributed by atoms with van der Waals surface area (Å²) < 4.78 is 0. The second-order valence-corrected chi connectivity index (χ2v) is 11.4. The molecule has 10 atom stereocenters. The van der Waals surface area contributed by atoms with Gasteiger partial charge in [-0.15, -0.1) is 0 Å². The highest BCUT2D eigenvalue weighted by molar-refractivity contribution is 5.11. The zero-order valence-corrected chi connectivity index (χ0v) is 17.1. The molecule has 0 aliphatic heterocycles. The summed E-state index contributed by atoms with van der Waals surface area (Å²) in [5.41, 5.74) is 0.349. The lowest BCUT2D eigenvalue weighted by molar-refractivity contribution is -0.167. The van der Waals surface area contributed by atoms with Crippen molar-refractivity contribution in [3.63, 3.8) is 0 Å². The van der Waals surface area contributed by atoms with E-state index >= 15 is 0 Å². The Morgan fingerprint density at radius 2 is 1.60 bits per heavy atom. The quantitative estimate of drug-likeness (QED) is 0.698. The average molecular weight is 349 g/mol. The van der Waals surface area contributed by atoms with E-state index in [-0.39, 0.29) is 6.10 Å². The predicted octanol–water partition coefficient (Wildman–Crippen LogP) is 5.02. The van der Waals surface area contributed by atoms with Gasteiger partial charge in [0.05, 0.1) is 11.7 Å². The van der Waals surface area contributed by atoms with Crippen LogP contribution < -0.4 is 0 Å². The first kappa shape index (κ1) is 18.3. The van der Waals surface area contributed by atoms with Gasteiger partial charge in [0.2, 0.25) is 0 Å². The first-order valence-corrected chi connectivity index (χ1v) is 11.0. The molecule has 4 rings (SSSR count). The van der Waals surface area contributed by atoms with Crippen molar-refractivity contribution in [1.29, 1.82) is 0 Å². The lowest BCUT2D eigenvalue weighted by Gasteiger charge is -2.63. The molecule has 0 bridgehead atoms. The van der Waals surface area contributed by atoms with Crippen molar-refractivity contribution in [2.45, 2.75) is 97.7 Å². The molecule has 4 saturated carbocycles. The Morgan fingerprint density at radius 1 is 0.920 bits per heavy atom. The molecular weight excluding hydrogens is 308 g/mol. The van der Waals surface area contributed by atoms with Crippen molar-refractivity contribution in [3.05, 3.63) is 0 Å². The third kappa shape index (κ3) is 2.57. The molecule has 2 heteroatoms. The Labute approximate surface area is 154 Å². The van der Waals surface area contributed by atoms with Crippen molar-refractivity contribution in [1.82, 2.24) is 0 Å². The van der Waals surface area contributed by atoms with E-state index in [0.717, 1.165) is 36.5 Å². The number of hydrogen-bond donors (Lipinski definition) is 2. The van der Waals surface area contributed by atoms with Crippen LogP contribution in [0.2, 0.25) is 0 Å². The highest BCUT2D eigenvalue weighted by atomic mass is 16.3. The van der Waals surface area contributed by atoms with Gasteiger partial charge >= 0.3 is 0 Å². The molecule has 25 heavy (non-hydrogen) atoms. The van der Waals surface area contributed by atoms with Gasteiger partial charge in [0.15, 0.2) is 0 Å². The molecule has 0 aromatic rings. The zero-order chi connectivity index (χ0) is 18.2. The summed E-state index contributed by atoms with van der Waals surface area (Å²) in [6.07, 6.45) is 9.56. The minimum atomic E-state index is -0.440. The molecule has 0 saturated heterocycles. The topological polar surface area (TPSA) is 40.5 Å². The maximum absolute atomic E-state index is 10.7. The van der Waals surface area contributed by atoms with E-state index in [1.165, 1.54) is 38.5 Å². The van der Waals surface area contributed by atoms with E-state index in [4.69, 9.17) is 0 Å². The fraction of sp³-hybridized carbons (Fsp3) is 1.00. The Hall–Kier alpha value is -0.0800. The Balaban J connectivity index is 1.65. The first-order valence-electron chi connectivity index (χ1n) is 11.0. The smallest absolute Gasteiger partial charge is 0.0622 e. The van der Waals surface area contributed by atoms with Crippen molar-refractivity contribution < 1.29 is 10.2 Å². The fourth-order valence-corrected chi connectivity index (χ4v) is 8.65. The van der Waals surface area contributed by atoms with Crippen molar-refractivity contribution in [2.24, 2.45) is 46.3 Å². The van der Waals surface area contributed by atoms with E-state index in [1.807, 2.05) is 6.92 Å². The molecular formula is C23H40O2. The summed E-state index contributed by atoms with van der Waals surface area (Å²) >= 11 is 0. The molecule has 0 aromatic heterocycles. The zero-order valence-electron chi connectivity index (χ0n) is 17.1. The standard InChI is InChI=1S/C23H40O2/c1-14-12-16-13-21(3,25)10-11-22(16,4)19-8-9-23(5)17(15(2)24)6-7-18(23)20(14)19/h14-20,24-25H,6-13H2,1-5H3/t14-,15?,16+,17-,18+,19+,20+,21-,22+,23-/m1/s1. The van der Waals surface area contributed by atoms with Crippen LogP contribution in [0.25, 0.3) is 0 Å². The van der Waals surface area contributed by atoms with E-state index in [1.54, 1.807) is 0 Å². The lowest BCUT2D eigenvalue weighted by Crippen LogP contribution is -2.58. The minimum absolute atomic E-state index is 0.154. The number of rotatable bonds is 1. The largest absolute Gasteiger partial charge is 0.393 e. The summed E-state index contributed by atoms with van der Waals surface area (Å²) in [7, 11) is 0. The Bertz CT molecular complexity index is 526. The Morgan fingerprint density at radius 3 is 2.28 bits per heavy atom. The van der Waals surface area contributed by atoms with E-state index in [9.17, 15) is 10.2 Å². The van der Waals surface area contributed by atoms with Crippen LogP contribution in [0.15, 0.2) is 0 Å². The van der Waals surface area contributed by atoms with Crippen LogP contribution in [-0.4, -0.2) is 21.9 Å². The van der Waals surface area contributed by atoms with Crippen LogP contribution in [0.1, 0.15) is 86.0 Å². The first-order chi connectivity index (χ1) is 11.6. The van der Waals surface area contributed by atoms with Crippen LogP contribution in [0.4, 0.5) is 0 Å². The SMILES string of the molecule is CC(O)[C@H]1CC[C@H]2[C@@H]3[C@H](C)C[C@H]4C[C@](C)(O)CC[C@]4(C)[C@H]3CC[C@]12C. The van der Waals surface area contributed by atoms with Gasteiger partial charge in [0.1, 0.15) is 0 Å². The molecule has 1 unspecified atom stereocenters. The summed E-state index contributed by atoms with van der Waals surface area (Å²) in [5, 5.41) is 21.1. The fourth-order valence-electron chi connectivity index (χ4n) is 8.65. The summed E-state index contributed by atoms with van der Waals surface area (Å²) in [4.78, 5) is 0. The highest BCUT2D eigenvalue weighted by Crippen LogP contribution is 2.69. The van der Waals surface area contributed by atoms with Gasteiger partial charge < -0.3 is 10.2 Å². The molecule has 0 heterocycles. The number of aliphatic hydroxyl groups is 2. The molecule has 0 amide bonds. The van der Waals surface area contributed by atoms with Crippen molar-refractivity contribution in [2.75, 3.05) is 0 Å². The van der Waals surface area contributed by atoms with Crippen molar-refractivity contribution in [3.8, 4) is 0 Å². The van der Waals surface area contributed by atoms with E-state index in [0.29, 0.717) is 22.7 Å². The second-order valence-electron chi connectivity index (χ2n) is 11.4. The summed E-state index contributed by atoms with van der Waals surface area (Å²) in [6.45, 7) is 11.7. The average Bonchev–Trinajstić information content (AvgIpc) is 2.86. The van der Waals surface area contributed by atoms with Crippen LogP contribution in [0.5, 0.6) is 0 Å². The van der Waals surface area contributed by atoms with E-state index < -0.39 is 5.60 Å². The van der Waals surface area contributed by atoms with Gasteiger partial charge in [-0.3, -0.25) is 0 Å². The minimum Gasteiger partial charge on any atom is -0.393 e. The lowest BCUT2D eigenvalue weighted by atomic mass is 9.42. The predicted molar refractivity (Wildman–Crippen MR) is 102 cm³/mol. The molecule has 2 N–H and O–H groups in total. The number of hydrogen-bond acceptors (Lipinski definition) is 2. The molecule has 4 aliphatic carbocycles.